The molecule has 0 aliphatic rings. The van der Waals surface area contributed by atoms with Crippen molar-refractivity contribution in [2.45, 2.75) is 6.92 Å². The molecule has 12 heavy (non-hydrogen) atoms. The van der Waals surface area contributed by atoms with E-state index in [0.29, 0.717) is 5.56 Å². The Bertz CT molecular complexity index is 334. The van der Waals surface area contributed by atoms with Gasteiger partial charge in [-0.2, -0.15) is 0 Å². The van der Waals surface area contributed by atoms with Gasteiger partial charge in [0.2, 0.25) is 6.08 Å². The van der Waals surface area contributed by atoms with Crippen LogP contribution in [0.15, 0.2) is 29.3 Å². The fraction of sp³-hybridized carbons (Fsp3) is 0.111. The summed E-state index contributed by atoms with van der Waals surface area (Å²) in [6, 6.07) is 6.82. The summed E-state index contributed by atoms with van der Waals surface area (Å²) in [6.07, 6.45) is 1.21. The van der Waals surface area contributed by atoms with Crippen molar-refractivity contribution in [2.75, 3.05) is 0 Å². The topological polar surface area (TPSA) is 46.5 Å². The zero-order valence-electron chi connectivity index (χ0n) is 6.57. The van der Waals surface area contributed by atoms with Crippen LogP contribution in [0.3, 0.4) is 0 Å². The number of amides is 1. The Morgan fingerprint density at radius 2 is 1.92 bits per heavy atom. The molecule has 60 valence electrons. The van der Waals surface area contributed by atoms with Crippen LogP contribution in [-0.4, -0.2) is 12.0 Å². The van der Waals surface area contributed by atoms with Gasteiger partial charge in [-0.1, -0.05) is 17.7 Å². The van der Waals surface area contributed by atoms with Crippen LogP contribution in [0.5, 0.6) is 0 Å². The lowest BCUT2D eigenvalue weighted by Crippen LogP contribution is -1.93. The summed E-state index contributed by atoms with van der Waals surface area (Å²) in [4.78, 5) is 23.6. The maximum Gasteiger partial charge on any atom is 0.287 e. The molecule has 0 unspecified atom stereocenters. The van der Waals surface area contributed by atoms with Gasteiger partial charge in [-0.3, -0.25) is 4.79 Å². The molecule has 0 atom stereocenters. The smallest absolute Gasteiger partial charge is 0.266 e. The molecule has 0 aliphatic heterocycles. The highest BCUT2D eigenvalue weighted by Gasteiger charge is 2.01. The number of hydrogen-bond donors (Lipinski definition) is 0. The van der Waals surface area contributed by atoms with Crippen molar-refractivity contribution in [2.24, 2.45) is 4.99 Å². The summed E-state index contributed by atoms with van der Waals surface area (Å²) in [5.41, 5.74) is 1.46. The fourth-order valence-electron chi connectivity index (χ4n) is 0.802. The van der Waals surface area contributed by atoms with E-state index in [9.17, 15) is 9.59 Å². The number of benzene rings is 1. The second kappa shape index (κ2) is 3.60. The summed E-state index contributed by atoms with van der Waals surface area (Å²) in [7, 11) is 0. The van der Waals surface area contributed by atoms with E-state index in [4.69, 9.17) is 0 Å². The van der Waals surface area contributed by atoms with E-state index < -0.39 is 5.91 Å². The van der Waals surface area contributed by atoms with Gasteiger partial charge >= 0.3 is 0 Å². The first-order valence-corrected chi connectivity index (χ1v) is 3.43. The molecule has 0 fully saturated rings. The van der Waals surface area contributed by atoms with Crippen LogP contribution < -0.4 is 0 Å². The van der Waals surface area contributed by atoms with Gasteiger partial charge in [-0.05, 0) is 19.1 Å². The highest BCUT2D eigenvalue weighted by molar-refractivity contribution is 5.97. The predicted octanol–water partition coefficient (Wildman–Crippen LogP) is 1.47. The number of carbonyl (C=O) groups excluding carboxylic acids is 2. The largest absolute Gasteiger partial charge is 0.287 e. The lowest BCUT2D eigenvalue weighted by Gasteiger charge is -1.93. The number of aliphatic imine (C=N–C) groups is 1. The average molecular weight is 161 g/mol. The first kappa shape index (κ1) is 8.37. The van der Waals surface area contributed by atoms with E-state index in [1.54, 1.807) is 24.3 Å². The van der Waals surface area contributed by atoms with Gasteiger partial charge in [0, 0.05) is 5.56 Å². The standard InChI is InChI=1S/C9H7NO2/c1-7-2-4-8(5-3-7)9(12)10-6-11/h2-5H,1H3. The molecule has 1 aromatic carbocycles. The highest BCUT2D eigenvalue weighted by atomic mass is 16.2. The van der Waals surface area contributed by atoms with Gasteiger partial charge in [0.25, 0.3) is 5.91 Å². The number of hydrogen-bond acceptors (Lipinski definition) is 2. The number of nitrogens with zero attached hydrogens (tertiary/aromatic N) is 1. The fourth-order valence-corrected chi connectivity index (χ4v) is 0.802. The lowest BCUT2D eigenvalue weighted by atomic mass is 10.1. The number of aryl methyl sites for hydroxylation is 1. The van der Waals surface area contributed by atoms with Crippen LogP contribution in [0.1, 0.15) is 15.9 Å². The normalized spacial score (nSPS) is 8.75. The molecule has 0 spiro atoms. The van der Waals surface area contributed by atoms with Crippen molar-refractivity contribution in [3.8, 4) is 0 Å². The monoisotopic (exact) mass is 161 g/mol. The Labute approximate surface area is 69.7 Å². The van der Waals surface area contributed by atoms with Crippen molar-refractivity contribution in [1.82, 2.24) is 0 Å². The van der Waals surface area contributed by atoms with E-state index in [-0.39, 0.29) is 0 Å². The lowest BCUT2D eigenvalue weighted by molar-refractivity contribution is 0.100. The third-order valence-electron chi connectivity index (χ3n) is 1.45. The third kappa shape index (κ3) is 1.87. The van der Waals surface area contributed by atoms with Crippen LogP contribution >= 0.6 is 0 Å². The maximum absolute atomic E-state index is 10.9. The minimum absolute atomic E-state index is 0.406. The van der Waals surface area contributed by atoms with Crippen molar-refractivity contribution in [3.05, 3.63) is 35.4 Å². The third-order valence-corrected chi connectivity index (χ3v) is 1.45. The van der Waals surface area contributed by atoms with Crippen LogP contribution in [0.2, 0.25) is 0 Å². The zero-order chi connectivity index (χ0) is 8.97. The molecule has 0 bridgehead atoms. The van der Waals surface area contributed by atoms with Gasteiger partial charge in [0.05, 0.1) is 0 Å². The molecule has 3 nitrogen and oxygen atoms in total. The molecule has 1 rings (SSSR count). The number of rotatable bonds is 1. The SMILES string of the molecule is Cc1ccc(C(=O)N=C=O)cc1. The van der Waals surface area contributed by atoms with Crippen LogP contribution in [-0.2, 0) is 4.79 Å². The molecule has 0 saturated carbocycles. The first-order chi connectivity index (χ1) is 5.74. The molecule has 3 heteroatoms. The number of carbonyl (C=O) groups is 1. The summed E-state index contributed by atoms with van der Waals surface area (Å²) in [5.74, 6) is -0.551. The summed E-state index contributed by atoms with van der Waals surface area (Å²) >= 11 is 0. The van der Waals surface area contributed by atoms with E-state index in [1.807, 2.05) is 6.92 Å². The van der Waals surface area contributed by atoms with E-state index in [1.165, 1.54) is 6.08 Å². The van der Waals surface area contributed by atoms with Gasteiger partial charge < -0.3 is 0 Å². The van der Waals surface area contributed by atoms with Crippen LogP contribution in [0.25, 0.3) is 0 Å². The second-order valence-electron chi connectivity index (χ2n) is 2.37. The Morgan fingerprint density at radius 3 is 2.42 bits per heavy atom. The quantitative estimate of drug-likeness (QED) is 0.462. The number of isocyanates is 1. The molecule has 0 saturated heterocycles. The van der Waals surface area contributed by atoms with Crippen molar-refractivity contribution >= 4 is 12.0 Å². The van der Waals surface area contributed by atoms with E-state index in [2.05, 4.69) is 4.99 Å². The summed E-state index contributed by atoms with van der Waals surface area (Å²) in [6.45, 7) is 1.91. The Kier molecular flexibility index (Phi) is 2.51. The molecule has 0 heterocycles. The molecule has 0 radical (unpaired) electrons. The minimum atomic E-state index is -0.551. The van der Waals surface area contributed by atoms with Crippen molar-refractivity contribution in [1.29, 1.82) is 0 Å². The molecular formula is C9H7NO2. The van der Waals surface area contributed by atoms with Gasteiger partial charge in [-0.25, -0.2) is 4.79 Å². The molecule has 0 N–H and O–H groups in total. The summed E-state index contributed by atoms with van der Waals surface area (Å²) in [5, 5.41) is 0. The van der Waals surface area contributed by atoms with E-state index >= 15 is 0 Å². The van der Waals surface area contributed by atoms with Gasteiger partial charge in [0.1, 0.15) is 0 Å². The maximum atomic E-state index is 10.9. The van der Waals surface area contributed by atoms with Crippen molar-refractivity contribution < 1.29 is 9.59 Å². The Morgan fingerprint density at radius 1 is 1.33 bits per heavy atom. The molecule has 1 amide bonds. The molecule has 0 aliphatic carbocycles. The Hall–Kier alpha value is -1.73. The molecule has 0 aromatic heterocycles. The molecule has 1 aromatic rings. The first-order valence-electron chi connectivity index (χ1n) is 3.43. The minimum Gasteiger partial charge on any atom is -0.266 e. The van der Waals surface area contributed by atoms with Gasteiger partial charge in [-0.15, -0.1) is 4.99 Å². The predicted molar refractivity (Wildman–Crippen MR) is 43.6 cm³/mol. The zero-order valence-corrected chi connectivity index (χ0v) is 6.57. The second-order valence-corrected chi connectivity index (χ2v) is 2.37. The van der Waals surface area contributed by atoms with Crippen LogP contribution in [0, 0.1) is 6.92 Å². The van der Waals surface area contributed by atoms with Gasteiger partial charge in [0.15, 0.2) is 0 Å². The Balaban J connectivity index is 2.97. The van der Waals surface area contributed by atoms with E-state index in [0.717, 1.165) is 5.56 Å². The van der Waals surface area contributed by atoms with Crippen molar-refractivity contribution in [3.63, 3.8) is 0 Å². The average Bonchev–Trinajstić information content (AvgIpc) is 2.06. The highest BCUT2D eigenvalue weighted by Crippen LogP contribution is 2.03. The summed E-state index contributed by atoms with van der Waals surface area (Å²) < 4.78 is 0. The van der Waals surface area contributed by atoms with Crippen LogP contribution in [0.4, 0.5) is 0 Å². The molecular weight excluding hydrogens is 154 g/mol.